The van der Waals surface area contributed by atoms with Gasteiger partial charge < -0.3 is 15.7 Å². The topological polar surface area (TPSA) is 95.5 Å². The van der Waals surface area contributed by atoms with E-state index in [4.69, 9.17) is 5.11 Å². The van der Waals surface area contributed by atoms with Crippen molar-refractivity contribution in [2.45, 2.75) is 32.7 Å². The summed E-state index contributed by atoms with van der Waals surface area (Å²) in [7, 11) is 0. The SMILES string of the molecule is CC(=O)NC(CC(=O)NCCC(=O)O)c1ccc(C)cc1. The number of carboxylic acid groups (broad SMARTS) is 1. The first-order chi connectivity index (χ1) is 9.88. The van der Waals surface area contributed by atoms with Crippen molar-refractivity contribution in [2.75, 3.05) is 6.54 Å². The molecule has 6 heteroatoms. The molecule has 1 rings (SSSR count). The van der Waals surface area contributed by atoms with E-state index in [1.54, 1.807) is 0 Å². The third kappa shape index (κ3) is 6.56. The molecule has 0 aromatic heterocycles. The summed E-state index contributed by atoms with van der Waals surface area (Å²) in [6.45, 7) is 3.42. The van der Waals surface area contributed by atoms with Crippen LogP contribution in [-0.2, 0) is 14.4 Å². The van der Waals surface area contributed by atoms with Crippen molar-refractivity contribution >= 4 is 17.8 Å². The van der Waals surface area contributed by atoms with Gasteiger partial charge >= 0.3 is 5.97 Å². The van der Waals surface area contributed by atoms with Crippen LogP contribution in [-0.4, -0.2) is 29.4 Å². The molecule has 0 aliphatic heterocycles. The number of hydrogen-bond donors (Lipinski definition) is 3. The molecule has 0 saturated heterocycles. The lowest BCUT2D eigenvalue weighted by Gasteiger charge is -2.18. The van der Waals surface area contributed by atoms with Gasteiger partial charge in [-0.25, -0.2) is 0 Å². The van der Waals surface area contributed by atoms with Gasteiger partial charge in [-0.15, -0.1) is 0 Å². The molecule has 0 saturated carbocycles. The average Bonchev–Trinajstić information content (AvgIpc) is 2.37. The lowest BCUT2D eigenvalue weighted by atomic mass is 10.0. The fourth-order valence-corrected chi connectivity index (χ4v) is 1.86. The molecule has 0 heterocycles. The maximum Gasteiger partial charge on any atom is 0.305 e. The predicted molar refractivity (Wildman–Crippen MR) is 77.6 cm³/mol. The van der Waals surface area contributed by atoms with Gasteiger partial charge in [0.2, 0.25) is 11.8 Å². The number of carboxylic acids is 1. The molecular formula is C15H20N2O4. The molecule has 21 heavy (non-hydrogen) atoms. The summed E-state index contributed by atoms with van der Waals surface area (Å²) in [6, 6.07) is 7.12. The standard InChI is InChI=1S/C15H20N2O4/c1-10-3-5-12(6-4-10)13(17-11(2)18)9-14(19)16-8-7-15(20)21/h3-6,13H,7-9H2,1-2H3,(H,16,19)(H,17,18)(H,20,21). The van der Waals surface area contributed by atoms with Gasteiger partial charge in [0.25, 0.3) is 0 Å². The van der Waals surface area contributed by atoms with Gasteiger partial charge in [0, 0.05) is 13.5 Å². The normalized spacial score (nSPS) is 11.5. The van der Waals surface area contributed by atoms with Gasteiger partial charge in [0.05, 0.1) is 18.9 Å². The second kappa shape index (κ2) is 8.04. The van der Waals surface area contributed by atoms with Gasteiger partial charge in [-0.2, -0.15) is 0 Å². The smallest absolute Gasteiger partial charge is 0.305 e. The van der Waals surface area contributed by atoms with Gasteiger partial charge in [-0.3, -0.25) is 14.4 Å². The van der Waals surface area contributed by atoms with Crippen LogP contribution in [0.3, 0.4) is 0 Å². The first kappa shape index (κ1) is 16.7. The van der Waals surface area contributed by atoms with E-state index in [0.29, 0.717) is 0 Å². The molecule has 0 aliphatic rings. The zero-order valence-corrected chi connectivity index (χ0v) is 12.2. The van der Waals surface area contributed by atoms with Crippen molar-refractivity contribution < 1.29 is 19.5 Å². The van der Waals surface area contributed by atoms with Crippen LogP contribution in [0.5, 0.6) is 0 Å². The average molecular weight is 292 g/mol. The monoisotopic (exact) mass is 292 g/mol. The Kier molecular flexibility index (Phi) is 6.39. The number of amides is 2. The molecule has 2 amide bonds. The molecule has 1 aromatic carbocycles. The van der Waals surface area contributed by atoms with Crippen LogP contribution in [0, 0.1) is 6.92 Å². The highest BCUT2D eigenvalue weighted by molar-refractivity contribution is 5.79. The van der Waals surface area contributed by atoms with Gasteiger partial charge in [0.15, 0.2) is 0 Å². The number of benzene rings is 1. The Labute approximate surface area is 123 Å². The Hall–Kier alpha value is -2.37. The Morgan fingerprint density at radius 2 is 1.81 bits per heavy atom. The zero-order valence-electron chi connectivity index (χ0n) is 12.2. The predicted octanol–water partition coefficient (Wildman–Crippen LogP) is 1.15. The second-order valence-corrected chi connectivity index (χ2v) is 4.86. The largest absolute Gasteiger partial charge is 0.481 e. The molecule has 0 bridgehead atoms. The van der Waals surface area contributed by atoms with Crippen LogP contribution in [0.4, 0.5) is 0 Å². The molecule has 1 atom stereocenters. The number of aryl methyl sites for hydroxylation is 1. The summed E-state index contributed by atoms with van der Waals surface area (Å²) in [5, 5.41) is 13.8. The lowest BCUT2D eigenvalue weighted by Crippen LogP contribution is -2.33. The van der Waals surface area contributed by atoms with Crippen molar-refractivity contribution in [3.05, 3.63) is 35.4 Å². The number of nitrogens with one attached hydrogen (secondary N) is 2. The summed E-state index contributed by atoms with van der Waals surface area (Å²) >= 11 is 0. The van der Waals surface area contributed by atoms with E-state index < -0.39 is 12.0 Å². The fraction of sp³-hybridized carbons (Fsp3) is 0.400. The molecule has 0 fully saturated rings. The van der Waals surface area contributed by atoms with Crippen molar-refractivity contribution in [2.24, 2.45) is 0 Å². The maximum absolute atomic E-state index is 11.8. The van der Waals surface area contributed by atoms with E-state index in [9.17, 15) is 14.4 Å². The number of carbonyl (C=O) groups is 3. The number of hydrogen-bond acceptors (Lipinski definition) is 3. The van der Waals surface area contributed by atoms with E-state index in [1.165, 1.54) is 6.92 Å². The quantitative estimate of drug-likeness (QED) is 0.702. The summed E-state index contributed by atoms with van der Waals surface area (Å²) < 4.78 is 0. The van der Waals surface area contributed by atoms with Crippen molar-refractivity contribution in [3.8, 4) is 0 Å². The third-order valence-electron chi connectivity index (χ3n) is 2.91. The molecular weight excluding hydrogens is 272 g/mol. The van der Waals surface area contributed by atoms with Crippen LogP contribution < -0.4 is 10.6 Å². The third-order valence-corrected chi connectivity index (χ3v) is 2.91. The summed E-state index contributed by atoms with van der Waals surface area (Å²) in [5.74, 6) is -1.48. The van der Waals surface area contributed by atoms with E-state index >= 15 is 0 Å². The molecule has 0 spiro atoms. The van der Waals surface area contributed by atoms with E-state index in [2.05, 4.69) is 10.6 Å². The van der Waals surface area contributed by atoms with E-state index in [0.717, 1.165) is 11.1 Å². The first-order valence-electron chi connectivity index (χ1n) is 6.70. The highest BCUT2D eigenvalue weighted by Crippen LogP contribution is 2.17. The Bertz CT molecular complexity index is 511. The van der Waals surface area contributed by atoms with E-state index in [-0.39, 0.29) is 31.2 Å². The Balaban J connectivity index is 2.65. The van der Waals surface area contributed by atoms with Gasteiger partial charge in [-0.05, 0) is 12.5 Å². The number of carbonyl (C=O) groups excluding carboxylic acids is 2. The lowest BCUT2D eigenvalue weighted by molar-refractivity contribution is -0.137. The number of aliphatic carboxylic acids is 1. The molecule has 0 radical (unpaired) electrons. The van der Waals surface area contributed by atoms with Gasteiger partial charge in [0.1, 0.15) is 0 Å². The van der Waals surface area contributed by atoms with Crippen LogP contribution in [0.25, 0.3) is 0 Å². The first-order valence-corrected chi connectivity index (χ1v) is 6.70. The summed E-state index contributed by atoms with van der Waals surface area (Å²) in [5.41, 5.74) is 1.93. The molecule has 114 valence electrons. The maximum atomic E-state index is 11.8. The van der Waals surface area contributed by atoms with Gasteiger partial charge in [-0.1, -0.05) is 29.8 Å². The minimum absolute atomic E-state index is 0.0717. The highest BCUT2D eigenvalue weighted by atomic mass is 16.4. The zero-order chi connectivity index (χ0) is 15.8. The van der Waals surface area contributed by atoms with Crippen LogP contribution >= 0.6 is 0 Å². The van der Waals surface area contributed by atoms with Crippen LogP contribution in [0.2, 0.25) is 0 Å². The van der Waals surface area contributed by atoms with E-state index in [1.807, 2.05) is 31.2 Å². The number of rotatable bonds is 7. The fourth-order valence-electron chi connectivity index (χ4n) is 1.86. The van der Waals surface area contributed by atoms with Crippen molar-refractivity contribution in [1.29, 1.82) is 0 Å². The second-order valence-electron chi connectivity index (χ2n) is 4.86. The highest BCUT2D eigenvalue weighted by Gasteiger charge is 2.17. The minimum Gasteiger partial charge on any atom is -0.481 e. The molecule has 1 unspecified atom stereocenters. The Morgan fingerprint density at radius 3 is 2.33 bits per heavy atom. The summed E-state index contributed by atoms with van der Waals surface area (Å²) in [4.78, 5) is 33.5. The molecule has 0 aliphatic carbocycles. The minimum atomic E-state index is -0.966. The summed E-state index contributed by atoms with van der Waals surface area (Å²) in [6.07, 6.45) is -0.0522. The molecule has 1 aromatic rings. The van der Waals surface area contributed by atoms with Crippen LogP contribution in [0.1, 0.15) is 36.9 Å². The van der Waals surface area contributed by atoms with Crippen molar-refractivity contribution in [1.82, 2.24) is 10.6 Å². The van der Waals surface area contributed by atoms with Crippen LogP contribution in [0.15, 0.2) is 24.3 Å². The molecule has 6 nitrogen and oxygen atoms in total. The Morgan fingerprint density at radius 1 is 1.19 bits per heavy atom. The van der Waals surface area contributed by atoms with Crippen molar-refractivity contribution in [3.63, 3.8) is 0 Å². The molecule has 3 N–H and O–H groups in total.